The van der Waals surface area contributed by atoms with Gasteiger partial charge in [-0.05, 0) is 48.4 Å². The molecule has 0 saturated heterocycles. The fourth-order valence-electron chi connectivity index (χ4n) is 3.83. The number of hydrogen-bond donors (Lipinski definition) is 1. The Kier molecular flexibility index (Phi) is 5.42. The minimum absolute atomic E-state index is 0.309. The van der Waals surface area contributed by atoms with Crippen LogP contribution in [-0.2, 0) is 30.7 Å². The lowest BCUT2D eigenvalue weighted by atomic mass is 9.90. The summed E-state index contributed by atoms with van der Waals surface area (Å²) in [5.41, 5.74) is 3.17. The summed E-state index contributed by atoms with van der Waals surface area (Å²) in [6, 6.07) is 16.7. The number of aromatic nitrogens is 2. The van der Waals surface area contributed by atoms with Crippen LogP contribution in [0.15, 0.2) is 70.4 Å². The van der Waals surface area contributed by atoms with Gasteiger partial charge < -0.3 is 5.32 Å². The summed E-state index contributed by atoms with van der Waals surface area (Å²) in [7, 11) is 0. The van der Waals surface area contributed by atoms with Gasteiger partial charge in [-0.2, -0.15) is 0 Å². The Morgan fingerprint density at radius 1 is 0.931 bits per heavy atom. The number of benzene rings is 2. The van der Waals surface area contributed by atoms with Gasteiger partial charge in [-0.25, -0.2) is 4.79 Å². The molecule has 29 heavy (non-hydrogen) atoms. The maximum Gasteiger partial charge on any atom is 0.331 e. The molecule has 1 amide bonds. The highest BCUT2D eigenvalue weighted by molar-refractivity contribution is 5.91. The molecule has 0 bridgehead atoms. The molecule has 1 heterocycles. The highest BCUT2D eigenvalue weighted by atomic mass is 16.2. The summed E-state index contributed by atoms with van der Waals surface area (Å²) < 4.78 is 2.42. The average molecular weight is 389 g/mol. The molecule has 0 fully saturated rings. The molecule has 0 saturated carbocycles. The number of hydrogen-bond acceptors (Lipinski definition) is 3. The van der Waals surface area contributed by atoms with E-state index in [1.165, 1.54) is 22.4 Å². The SMILES string of the molecule is O=C(Cn1c(=O)ccn(Cc2ccccc2)c1=O)Nc1cccc2c1CCCC2. The van der Waals surface area contributed by atoms with E-state index >= 15 is 0 Å². The number of aryl methyl sites for hydroxylation is 1. The van der Waals surface area contributed by atoms with Crippen molar-refractivity contribution < 1.29 is 4.79 Å². The Balaban J connectivity index is 1.55. The first-order chi connectivity index (χ1) is 14.1. The molecule has 0 unspecified atom stereocenters. The van der Waals surface area contributed by atoms with E-state index in [-0.39, 0.29) is 12.5 Å². The second kappa shape index (κ2) is 8.31. The average Bonchev–Trinajstić information content (AvgIpc) is 2.74. The van der Waals surface area contributed by atoms with Crippen LogP contribution >= 0.6 is 0 Å². The molecule has 0 spiro atoms. The van der Waals surface area contributed by atoms with Crippen LogP contribution in [0.3, 0.4) is 0 Å². The van der Waals surface area contributed by atoms with Crippen molar-refractivity contribution >= 4 is 11.6 Å². The van der Waals surface area contributed by atoms with Crippen molar-refractivity contribution in [3.05, 3.63) is 98.3 Å². The predicted molar refractivity (Wildman–Crippen MR) is 112 cm³/mol. The Bertz CT molecular complexity index is 1150. The van der Waals surface area contributed by atoms with Gasteiger partial charge in [0.2, 0.25) is 5.91 Å². The number of anilines is 1. The van der Waals surface area contributed by atoms with Crippen molar-refractivity contribution in [3.8, 4) is 0 Å². The number of amides is 1. The number of carbonyl (C=O) groups excluding carboxylic acids is 1. The highest BCUT2D eigenvalue weighted by Crippen LogP contribution is 2.27. The molecule has 4 rings (SSSR count). The van der Waals surface area contributed by atoms with E-state index in [4.69, 9.17) is 0 Å². The Hall–Kier alpha value is -3.41. The van der Waals surface area contributed by atoms with Crippen molar-refractivity contribution in [2.24, 2.45) is 0 Å². The molecule has 2 aromatic carbocycles. The Morgan fingerprint density at radius 2 is 1.72 bits per heavy atom. The summed E-state index contributed by atoms with van der Waals surface area (Å²) >= 11 is 0. The quantitative estimate of drug-likeness (QED) is 0.729. The lowest BCUT2D eigenvalue weighted by Crippen LogP contribution is -2.42. The second-order valence-corrected chi connectivity index (χ2v) is 7.33. The van der Waals surface area contributed by atoms with Gasteiger partial charge >= 0.3 is 5.69 Å². The number of carbonyl (C=O) groups is 1. The first kappa shape index (κ1) is 18.9. The van der Waals surface area contributed by atoms with Gasteiger partial charge in [0.25, 0.3) is 5.56 Å². The Labute approximate surface area is 168 Å². The maximum absolute atomic E-state index is 12.8. The van der Waals surface area contributed by atoms with Crippen molar-refractivity contribution in [1.82, 2.24) is 9.13 Å². The van der Waals surface area contributed by atoms with Gasteiger partial charge in [-0.1, -0.05) is 42.5 Å². The minimum Gasteiger partial charge on any atom is -0.324 e. The van der Waals surface area contributed by atoms with Crippen LogP contribution in [0, 0.1) is 0 Å². The third-order valence-electron chi connectivity index (χ3n) is 5.31. The molecule has 1 aromatic heterocycles. The van der Waals surface area contributed by atoms with E-state index in [2.05, 4.69) is 11.4 Å². The van der Waals surface area contributed by atoms with Crippen molar-refractivity contribution in [2.75, 3.05) is 5.32 Å². The predicted octanol–water partition coefficient (Wildman–Crippen LogP) is 2.58. The summed E-state index contributed by atoms with van der Waals surface area (Å²) in [4.78, 5) is 37.6. The molecule has 6 heteroatoms. The van der Waals surface area contributed by atoms with Crippen LogP contribution in [0.1, 0.15) is 29.5 Å². The third-order valence-corrected chi connectivity index (χ3v) is 5.31. The molecule has 0 aliphatic heterocycles. The largest absolute Gasteiger partial charge is 0.331 e. The standard InChI is InChI=1S/C23H23N3O3/c27-21(24-20-12-6-10-18-9-4-5-11-19(18)20)16-26-22(28)13-14-25(23(26)29)15-17-7-2-1-3-8-17/h1-3,6-8,10,12-14H,4-5,9,11,15-16H2,(H,24,27). The zero-order chi connectivity index (χ0) is 20.2. The van der Waals surface area contributed by atoms with E-state index < -0.39 is 11.2 Å². The highest BCUT2D eigenvalue weighted by Gasteiger charge is 2.16. The molecule has 148 valence electrons. The minimum atomic E-state index is -0.494. The van der Waals surface area contributed by atoms with Crippen LogP contribution in [0.4, 0.5) is 5.69 Å². The first-order valence-corrected chi connectivity index (χ1v) is 9.86. The maximum atomic E-state index is 12.8. The number of nitrogens with zero attached hydrogens (tertiary/aromatic N) is 2. The zero-order valence-corrected chi connectivity index (χ0v) is 16.1. The zero-order valence-electron chi connectivity index (χ0n) is 16.1. The summed E-state index contributed by atoms with van der Waals surface area (Å²) in [5.74, 6) is -0.374. The molecule has 3 aromatic rings. The normalized spacial score (nSPS) is 13.0. The number of rotatable bonds is 5. The van der Waals surface area contributed by atoms with Gasteiger partial charge in [0.15, 0.2) is 0 Å². The smallest absolute Gasteiger partial charge is 0.324 e. The van der Waals surface area contributed by atoms with Gasteiger partial charge in [0.1, 0.15) is 6.54 Å². The fraction of sp³-hybridized carbons (Fsp3) is 0.261. The lowest BCUT2D eigenvalue weighted by molar-refractivity contribution is -0.116. The van der Waals surface area contributed by atoms with Crippen LogP contribution in [0.2, 0.25) is 0 Å². The molecule has 1 N–H and O–H groups in total. The number of nitrogens with one attached hydrogen (secondary N) is 1. The van der Waals surface area contributed by atoms with E-state index in [0.29, 0.717) is 6.54 Å². The van der Waals surface area contributed by atoms with Gasteiger partial charge in [-0.15, -0.1) is 0 Å². The molecule has 1 aliphatic rings. The molecule has 0 atom stereocenters. The summed E-state index contributed by atoms with van der Waals surface area (Å²) in [6.45, 7) is 0.0325. The first-order valence-electron chi connectivity index (χ1n) is 9.86. The topological polar surface area (TPSA) is 73.1 Å². The second-order valence-electron chi connectivity index (χ2n) is 7.33. The van der Waals surface area contributed by atoms with Crippen LogP contribution in [0.5, 0.6) is 0 Å². The molecular formula is C23H23N3O3. The van der Waals surface area contributed by atoms with Crippen LogP contribution in [-0.4, -0.2) is 15.0 Å². The van der Waals surface area contributed by atoms with E-state index in [0.717, 1.165) is 47.1 Å². The monoisotopic (exact) mass is 389 g/mol. The van der Waals surface area contributed by atoms with Crippen molar-refractivity contribution in [3.63, 3.8) is 0 Å². The third kappa shape index (κ3) is 4.21. The summed E-state index contributed by atoms with van der Waals surface area (Å²) in [5, 5.41) is 2.90. The van der Waals surface area contributed by atoms with Gasteiger partial charge in [-0.3, -0.25) is 18.7 Å². The molecule has 6 nitrogen and oxygen atoms in total. The molecule has 1 aliphatic carbocycles. The van der Waals surface area contributed by atoms with Gasteiger partial charge in [0.05, 0.1) is 6.54 Å². The van der Waals surface area contributed by atoms with Gasteiger partial charge in [0, 0.05) is 18.0 Å². The van der Waals surface area contributed by atoms with Crippen LogP contribution < -0.4 is 16.6 Å². The number of fused-ring (bicyclic) bond motifs is 1. The van der Waals surface area contributed by atoms with E-state index in [9.17, 15) is 14.4 Å². The lowest BCUT2D eigenvalue weighted by Gasteiger charge is -2.19. The molecular weight excluding hydrogens is 366 g/mol. The molecule has 0 radical (unpaired) electrons. The Morgan fingerprint density at radius 3 is 2.55 bits per heavy atom. The van der Waals surface area contributed by atoms with Crippen LogP contribution in [0.25, 0.3) is 0 Å². The van der Waals surface area contributed by atoms with E-state index in [1.807, 2.05) is 42.5 Å². The summed E-state index contributed by atoms with van der Waals surface area (Å²) in [6.07, 6.45) is 5.68. The fourth-order valence-corrected chi connectivity index (χ4v) is 3.83. The van der Waals surface area contributed by atoms with Crippen molar-refractivity contribution in [2.45, 2.75) is 38.8 Å². The van der Waals surface area contributed by atoms with E-state index in [1.54, 1.807) is 0 Å². The van der Waals surface area contributed by atoms with Crippen molar-refractivity contribution in [1.29, 1.82) is 0 Å².